The van der Waals surface area contributed by atoms with Crippen LogP contribution in [0, 0.1) is 6.92 Å². The molecule has 1 amide bonds. The highest BCUT2D eigenvalue weighted by molar-refractivity contribution is 6.18. The predicted octanol–water partition coefficient (Wildman–Crippen LogP) is 5.75. The molecule has 0 fully saturated rings. The number of hydrogen-bond acceptors (Lipinski definition) is 3. The van der Waals surface area contributed by atoms with Crippen molar-refractivity contribution < 1.29 is 14.6 Å². The van der Waals surface area contributed by atoms with E-state index in [4.69, 9.17) is 4.74 Å². The Labute approximate surface area is 172 Å². The van der Waals surface area contributed by atoms with Gasteiger partial charge in [-0.1, -0.05) is 36.4 Å². The minimum absolute atomic E-state index is 0.0720. The number of aromatic hydroxyl groups is 1. The van der Waals surface area contributed by atoms with E-state index in [2.05, 4.69) is 16.4 Å². The molecule has 1 aromatic heterocycles. The molecule has 4 aromatic carbocycles. The summed E-state index contributed by atoms with van der Waals surface area (Å²) in [5.74, 6) is 0.106. The van der Waals surface area contributed by atoms with Crippen molar-refractivity contribution in [3.8, 4) is 11.5 Å². The topological polar surface area (TPSA) is 74.3 Å². The van der Waals surface area contributed by atoms with Crippen LogP contribution in [0.3, 0.4) is 0 Å². The third-order valence-electron chi connectivity index (χ3n) is 5.46. The van der Waals surface area contributed by atoms with E-state index < -0.39 is 5.91 Å². The van der Waals surface area contributed by atoms with Crippen molar-refractivity contribution in [2.45, 2.75) is 6.92 Å². The van der Waals surface area contributed by atoms with Crippen molar-refractivity contribution in [3.63, 3.8) is 0 Å². The van der Waals surface area contributed by atoms with Gasteiger partial charge in [-0.15, -0.1) is 0 Å². The van der Waals surface area contributed by atoms with Crippen LogP contribution in [0.25, 0.3) is 32.6 Å². The van der Waals surface area contributed by atoms with Crippen LogP contribution in [0.4, 0.5) is 5.69 Å². The molecule has 0 unspecified atom stereocenters. The monoisotopic (exact) mass is 396 g/mol. The van der Waals surface area contributed by atoms with Crippen LogP contribution in [-0.4, -0.2) is 23.1 Å². The van der Waals surface area contributed by atoms with E-state index in [9.17, 15) is 9.90 Å². The quantitative estimate of drug-likeness (QED) is 0.363. The number of aryl methyl sites for hydroxylation is 1. The lowest BCUT2D eigenvalue weighted by atomic mass is 10.0. The molecule has 5 nitrogen and oxygen atoms in total. The Morgan fingerprint density at radius 2 is 1.80 bits per heavy atom. The largest absolute Gasteiger partial charge is 0.507 e. The molecule has 5 rings (SSSR count). The number of aromatic nitrogens is 1. The number of fused-ring (bicyclic) bond motifs is 5. The summed E-state index contributed by atoms with van der Waals surface area (Å²) in [5.41, 5.74) is 3.77. The molecule has 1 heterocycles. The van der Waals surface area contributed by atoms with E-state index in [0.29, 0.717) is 11.4 Å². The summed E-state index contributed by atoms with van der Waals surface area (Å²) < 4.78 is 5.36. The van der Waals surface area contributed by atoms with Gasteiger partial charge in [-0.25, -0.2) is 0 Å². The van der Waals surface area contributed by atoms with Gasteiger partial charge in [0.25, 0.3) is 5.91 Å². The van der Waals surface area contributed by atoms with Gasteiger partial charge in [-0.3, -0.25) is 4.79 Å². The van der Waals surface area contributed by atoms with E-state index in [0.717, 1.165) is 38.1 Å². The summed E-state index contributed by atoms with van der Waals surface area (Å²) in [6, 6.07) is 21.0. The number of phenolic OH excluding ortho intramolecular Hbond substituents is 1. The van der Waals surface area contributed by atoms with Crippen LogP contribution in [0.5, 0.6) is 11.5 Å². The number of phenols is 1. The number of H-pyrrole nitrogens is 1. The second-order valence-electron chi connectivity index (χ2n) is 7.41. The molecule has 0 aliphatic carbocycles. The summed E-state index contributed by atoms with van der Waals surface area (Å²) in [5, 5.41) is 17.4. The maximum atomic E-state index is 12.9. The van der Waals surface area contributed by atoms with Gasteiger partial charge >= 0.3 is 0 Å². The molecule has 0 saturated carbocycles. The molecule has 0 bridgehead atoms. The molecule has 30 heavy (non-hydrogen) atoms. The van der Waals surface area contributed by atoms with Crippen molar-refractivity contribution in [2.75, 3.05) is 12.4 Å². The third-order valence-corrected chi connectivity index (χ3v) is 5.46. The highest BCUT2D eigenvalue weighted by Crippen LogP contribution is 2.35. The SMILES string of the molecule is COc1cc(C)ccc1NC(=O)c1cc2ccc3c4ccccc4[nH]c3c2cc1O. The van der Waals surface area contributed by atoms with Gasteiger partial charge in [-0.2, -0.15) is 0 Å². The summed E-state index contributed by atoms with van der Waals surface area (Å²) in [7, 11) is 1.56. The first-order valence-corrected chi connectivity index (χ1v) is 9.67. The fraction of sp³-hybridized carbons (Fsp3) is 0.0800. The Morgan fingerprint density at radius 1 is 0.967 bits per heavy atom. The summed E-state index contributed by atoms with van der Waals surface area (Å²) >= 11 is 0. The number of rotatable bonds is 3. The van der Waals surface area contributed by atoms with Crippen molar-refractivity contribution in [3.05, 3.63) is 77.9 Å². The number of nitrogens with one attached hydrogen (secondary N) is 2. The number of carbonyl (C=O) groups is 1. The van der Waals surface area contributed by atoms with Crippen LogP contribution >= 0.6 is 0 Å². The molecular weight excluding hydrogens is 376 g/mol. The van der Waals surface area contributed by atoms with E-state index in [1.807, 2.05) is 49.4 Å². The number of para-hydroxylation sites is 1. The van der Waals surface area contributed by atoms with E-state index >= 15 is 0 Å². The fourth-order valence-electron chi connectivity index (χ4n) is 3.95. The molecule has 0 radical (unpaired) electrons. The average molecular weight is 396 g/mol. The fourth-order valence-corrected chi connectivity index (χ4v) is 3.95. The first-order valence-electron chi connectivity index (χ1n) is 9.67. The van der Waals surface area contributed by atoms with Crippen molar-refractivity contribution in [1.29, 1.82) is 0 Å². The zero-order valence-corrected chi connectivity index (χ0v) is 16.6. The highest BCUT2D eigenvalue weighted by Gasteiger charge is 2.17. The van der Waals surface area contributed by atoms with Crippen molar-refractivity contribution in [2.24, 2.45) is 0 Å². The molecule has 0 saturated heterocycles. The van der Waals surface area contributed by atoms with Gasteiger partial charge in [0, 0.05) is 21.7 Å². The lowest BCUT2D eigenvalue weighted by Gasteiger charge is -2.12. The third kappa shape index (κ3) is 2.83. The molecule has 5 heteroatoms. The Kier molecular flexibility index (Phi) is 4.10. The Balaban J connectivity index is 1.60. The molecule has 3 N–H and O–H groups in total. The molecule has 0 atom stereocenters. The number of amides is 1. The normalized spacial score (nSPS) is 11.3. The number of anilines is 1. The zero-order valence-electron chi connectivity index (χ0n) is 16.6. The van der Waals surface area contributed by atoms with E-state index in [1.165, 1.54) is 0 Å². The van der Waals surface area contributed by atoms with Crippen LogP contribution in [0.15, 0.2) is 66.7 Å². The maximum absolute atomic E-state index is 12.9. The second-order valence-corrected chi connectivity index (χ2v) is 7.41. The zero-order chi connectivity index (χ0) is 20.8. The molecule has 148 valence electrons. The van der Waals surface area contributed by atoms with Crippen LogP contribution in [0.1, 0.15) is 15.9 Å². The Morgan fingerprint density at radius 3 is 2.63 bits per heavy atom. The van der Waals surface area contributed by atoms with E-state index in [-0.39, 0.29) is 11.3 Å². The molecule has 0 spiro atoms. The smallest absolute Gasteiger partial charge is 0.259 e. The number of ether oxygens (including phenoxy) is 1. The standard InChI is InChI=1S/C25H20N2O3/c1-14-7-10-21(23(11-14)30-2)27-25(29)19-12-15-8-9-17-16-5-3-4-6-20(16)26-24(17)18(15)13-22(19)28/h3-13,26,28H,1-2H3,(H,27,29). The summed E-state index contributed by atoms with van der Waals surface area (Å²) in [4.78, 5) is 16.3. The molecular formula is C25H20N2O3. The van der Waals surface area contributed by atoms with Gasteiger partial charge in [-0.05, 0) is 48.2 Å². The van der Waals surface area contributed by atoms with E-state index in [1.54, 1.807) is 25.3 Å². The Hall–Kier alpha value is -3.99. The summed E-state index contributed by atoms with van der Waals surface area (Å²) in [6.07, 6.45) is 0. The number of hydrogen-bond donors (Lipinski definition) is 3. The highest BCUT2D eigenvalue weighted by atomic mass is 16.5. The lowest BCUT2D eigenvalue weighted by Crippen LogP contribution is -2.13. The van der Waals surface area contributed by atoms with Crippen molar-refractivity contribution in [1.82, 2.24) is 4.98 Å². The van der Waals surface area contributed by atoms with Gasteiger partial charge < -0.3 is 20.1 Å². The minimum Gasteiger partial charge on any atom is -0.507 e. The second kappa shape index (κ2) is 6.81. The Bertz CT molecular complexity index is 1450. The molecule has 5 aromatic rings. The lowest BCUT2D eigenvalue weighted by molar-refractivity contribution is 0.102. The van der Waals surface area contributed by atoms with Gasteiger partial charge in [0.1, 0.15) is 11.5 Å². The van der Waals surface area contributed by atoms with Crippen LogP contribution in [-0.2, 0) is 0 Å². The number of aromatic amines is 1. The van der Waals surface area contributed by atoms with Gasteiger partial charge in [0.15, 0.2) is 0 Å². The van der Waals surface area contributed by atoms with Crippen LogP contribution in [0.2, 0.25) is 0 Å². The van der Waals surface area contributed by atoms with Gasteiger partial charge in [0.2, 0.25) is 0 Å². The van der Waals surface area contributed by atoms with Crippen molar-refractivity contribution >= 4 is 44.2 Å². The molecule has 0 aliphatic rings. The number of methoxy groups -OCH3 is 1. The predicted molar refractivity (Wildman–Crippen MR) is 121 cm³/mol. The first-order chi connectivity index (χ1) is 14.5. The average Bonchev–Trinajstić information content (AvgIpc) is 3.13. The minimum atomic E-state index is -0.395. The summed E-state index contributed by atoms with van der Waals surface area (Å²) in [6.45, 7) is 1.95. The number of carbonyl (C=O) groups excluding carboxylic acids is 1. The van der Waals surface area contributed by atoms with Crippen LogP contribution < -0.4 is 10.1 Å². The first kappa shape index (κ1) is 18.1. The number of benzene rings is 4. The maximum Gasteiger partial charge on any atom is 0.259 e. The molecule has 0 aliphatic heterocycles. The van der Waals surface area contributed by atoms with Gasteiger partial charge in [0.05, 0.1) is 23.9 Å².